The van der Waals surface area contributed by atoms with Crippen LogP contribution >= 0.6 is 0 Å². The predicted octanol–water partition coefficient (Wildman–Crippen LogP) is 3.35. The number of rotatable bonds is 6. The standard InChI is InChI=1S/C10H17/c1-2-3-4-5-6-7-10-8-9-10/h7-10H,2-6H2,1H3. The van der Waals surface area contributed by atoms with Crippen LogP contribution in [0.4, 0.5) is 0 Å². The lowest BCUT2D eigenvalue weighted by molar-refractivity contribution is 0.653. The Balaban J connectivity index is 1.68. The summed E-state index contributed by atoms with van der Waals surface area (Å²) in [7, 11) is 0. The second-order valence-electron chi connectivity index (χ2n) is 3.05. The van der Waals surface area contributed by atoms with Crippen molar-refractivity contribution < 1.29 is 0 Å². The Hall–Kier alpha value is -0.260. The molecule has 0 amide bonds. The van der Waals surface area contributed by atoms with E-state index in [1.807, 2.05) is 0 Å². The Morgan fingerprint density at radius 3 is 2.60 bits per heavy atom. The van der Waals surface area contributed by atoms with Crippen molar-refractivity contribution in [3.63, 3.8) is 0 Å². The number of allylic oxidation sites excluding steroid dienone is 2. The van der Waals surface area contributed by atoms with Crippen LogP contribution in [-0.2, 0) is 0 Å². The van der Waals surface area contributed by atoms with Crippen molar-refractivity contribution in [2.24, 2.45) is 5.92 Å². The largest absolute Gasteiger partial charge is 0.0807 e. The molecule has 1 aliphatic carbocycles. The summed E-state index contributed by atoms with van der Waals surface area (Å²) in [6.45, 7) is 2.26. The van der Waals surface area contributed by atoms with Gasteiger partial charge in [-0.15, -0.1) is 0 Å². The van der Waals surface area contributed by atoms with E-state index in [9.17, 15) is 0 Å². The zero-order valence-corrected chi connectivity index (χ0v) is 6.84. The molecular weight excluding hydrogens is 120 g/mol. The summed E-state index contributed by atoms with van der Waals surface area (Å²) < 4.78 is 0. The minimum atomic E-state index is 0.779. The summed E-state index contributed by atoms with van der Waals surface area (Å²) in [4.78, 5) is 0. The van der Waals surface area contributed by atoms with Gasteiger partial charge < -0.3 is 0 Å². The normalized spacial score (nSPS) is 16.1. The van der Waals surface area contributed by atoms with Crippen molar-refractivity contribution in [3.8, 4) is 0 Å². The van der Waals surface area contributed by atoms with Gasteiger partial charge in [0.15, 0.2) is 0 Å². The third-order valence-electron chi connectivity index (χ3n) is 1.91. The van der Waals surface area contributed by atoms with Crippen LogP contribution in [0.15, 0.2) is 12.2 Å². The molecule has 0 saturated carbocycles. The zero-order chi connectivity index (χ0) is 7.23. The molecule has 0 bridgehead atoms. The van der Waals surface area contributed by atoms with Crippen molar-refractivity contribution in [2.75, 3.05) is 0 Å². The lowest BCUT2D eigenvalue weighted by atomic mass is 10.1. The molecule has 57 valence electrons. The van der Waals surface area contributed by atoms with E-state index in [1.54, 1.807) is 0 Å². The number of hydrogen-bond donors (Lipinski definition) is 0. The van der Waals surface area contributed by atoms with Gasteiger partial charge in [0.1, 0.15) is 0 Å². The summed E-state index contributed by atoms with van der Waals surface area (Å²) in [6.07, 6.45) is 13.8. The SMILES string of the molecule is CCCCCC[CH]C1C=C1. The fourth-order valence-electron chi connectivity index (χ4n) is 1.10. The molecule has 0 fully saturated rings. The van der Waals surface area contributed by atoms with Crippen LogP contribution in [0.2, 0.25) is 0 Å². The monoisotopic (exact) mass is 137 g/mol. The fourth-order valence-corrected chi connectivity index (χ4v) is 1.10. The minimum Gasteiger partial charge on any atom is -0.0807 e. The van der Waals surface area contributed by atoms with Crippen molar-refractivity contribution in [3.05, 3.63) is 18.6 Å². The van der Waals surface area contributed by atoms with Gasteiger partial charge in [-0.05, 0) is 18.8 Å². The molecule has 1 radical (unpaired) electrons. The second kappa shape index (κ2) is 4.54. The van der Waals surface area contributed by atoms with Gasteiger partial charge in [-0.1, -0.05) is 44.8 Å². The maximum atomic E-state index is 2.41. The Morgan fingerprint density at radius 2 is 2.00 bits per heavy atom. The van der Waals surface area contributed by atoms with Gasteiger partial charge >= 0.3 is 0 Å². The van der Waals surface area contributed by atoms with Crippen molar-refractivity contribution in [1.29, 1.82) is 0 Å². The van der Waals surface area contributed by atoms with Gasteiger partial charge in [0.2, 0.25) is 0 Å². The minimum absolute atomic E-state index is 0.779. The van der Waals surface area contributed by atoms with E-state index in [-0.39, 0.29) is 0 Å². The highest BCUT2D eigenvalue weighted by Crippen LogP contribution is 2.22. The summed E-state index contributed by atoms with van der Waals surface area (Å²) >= 11 is 0. The van der Waals surface area contributed by atoms with E-state index in [0.717, 1.165) is 5.92 Å². The molecule has 0 aromatic carbocycles. The van der Waals surface area contributed by atoms with Gasteiger partial charge in [-0.3, -0.25) is 0 Å². The first-order chi connectivity index (χ1) is 4.93. The highest BCUT2D eigenvalue weighted by molar-refractivity contribution is 5.18. The fraction of sp³-hybridized carbons (Fsp3) is 0.700. The average molecular weight is 137 g/mol. The lowest BCUT2D eigenvalue weighted by Crippen LogP contribution is -1.81. The molecule has 1 aliphatic rings. The summed E-state index contributed by atoms with van der Waals surface area (Å²) in [5.74, 6) is 0.779. The van der Waals surface area contributed by atoms with Gasteiger partial charge in [0, 0.05) is 0 Å². The zero-order valence-electron chi connectivity index (χ0n) is 6.84. The summed E-state index contributed by atoms with van der Waals surface area (Å²) in [5, 5.41) is 0. The Kier molecular flexibility index (Phi) is 3.56. The topological polar surface area (TPSA) is 0 Å². The Labute approximate surface area is 64.3 Å². The van der Waals surface area contributed by atoms with Crippen LogP contribution in [0, 0.1) is 12.3 Å². The quantitative estimate of drug-likeness (QED) is 0.389. The molecule has 0 nitrogen and oxygen atoms in total. The van der Waals surface area contributed by atoms with Crippen LogP contribution in [0.25, 0.3) is 0 Å². The third-order valence-corrected chi connectivity index (χ3v) is 1.91. The number of unbranched alkanes of at least 4 members (excludes halogenated alkanes) is 4. The lowest BCUT2D eigenvalue weighted by Gasteiger charge is -1.97. The van der Waals surface area contributed by atoms with Crippen LogP contribution in [0.3, 0.4) is 0 Å². The van der Waals surface area contributed by atoms with E-state index in [2.05, 4.69) is 25.5 Å². The molecular formula is C10H17. The van der Waals surface area contributed by atoms with Crippen molar-refractivity contribution in [2.45, 2.75) is 39.0 Å². The van der Waals surface area contributed by atoms with Gasteiger partial charge in [0.05, 0.1) is 0 Å². The van der Waals surface area contributed by atoms with E-state index in [4.69, 9.17) is 0 Å². The van der Waals surface area contributed by atoms with E-state index >= 15 is 0 Å². The van der Waals surface area contributed by atoms with Crippen LogP contribution in [0.5, 0.6) is 0 Å². The molecule has 0 aliphatic heterocycles. The van der Waals surface area contributed by atoms with Gasteiger partial charge in [-0.2, -0.15) is 0 Å². The highest BCUT2D eigenvalue weighted by atomic mass is 14.1. The van der Waals surface area contributed by atoms with Crippen LogP contribution in [-0.4, -0.2) is 0 Å². The first-order valence-electron chi connectivity index (χ1n) is 4.45. The molecule has 0 N–H and O–H groups in total. The Bertz CT molecular complexity index is 96.6. The predicted molar refractivity (Wildman–Crippen MR) is 45.7 cm³/mol. The maximum Gasteiger partial charge on any atom is -0.00218 e. The van der Waals surface area contributed by atoms with E-state index < -0.39 is 0 Å². The molecule has 0 spiro atoms. The van der Waals surface area contributed by atoms with E-state index in [1.165, 1.54) is 32.1 Å². The maximum absolute atomic E-state index is 2.41. The second-order valence-corrected chi connectivity index (χ2v) is 3.05. The average Bonchev–Trinajstić information content (AvgIpc) is 2.71. The molecule has 0 unspecified atom stereocenters. The number of hydrogen-bond acceptors (Lipinski definition) is 0. The first kappa shape index (κ1) is 7.84. The Morgan fingerprint density at radius 1 is 1.20 bits per heavy atom. The molecule has 0 heterocycles. The molecule has 0 aromatic heterocycles. The smallest absolute Gasteiger partial charge is 0.00218 e. The third kappa shape index (κ3) is 3.71. The molecule has 10 heavy (non-hydrogen) atoms. The highest BCUT2D eigenvalue weighted by Gasteiger charge is 2.08. The molecule has 0 heteroatoms. The molecule has 0 aromatic rings. The van der Waals surface area contributed by atoms with Crippen molar-refractivity contribution >= 4 is 0 Å². The van der Waals surface area contributed by atoms with E-state index in [0.29, 0.717) is 0 Å². The summed E-state index contributed by atoms with van der Waals surface area (Å²) in [5.41, 5.74) is 0. The van der Waals surface area contributed by atoms with Crippen LogP contribution < -0.4 is 0 Å². The summed E-state index contributed by atoms with van der Waals surface area (Å²) in [6, 6.07) is 0. The van der Waals surface area contributed by atoms with Crippen LogP contribution in [0.1, 0.15) is 39.0 Å². The first-order valence-corrected chi connectivity index (χ1v) is 4.45. The van der Waals surface area contributed by atoms with Crippen molar-refractivity contribution in [1.82, 2.24) is 0 Å². The molecule has 0 saturated heterocycles. The molecule has 1 rings (SSSR count). The molecule has 0 atom stereocenters. The van der Waals surface area contributed by atoms with Gasteiger partial charge in [0.25, 0.3) is 0 Å². The van der Waals surface area contributed by atoms with Gasteiger partial charge in [-0.25, -0.2) is 0 Å².